The molecule has 1 heterocycles. The van der Waals surface area contributed by atoms with Crippen LogP contribution in [0, 0.1) is 0 Å². The van der Waals surface area contributed by atoms with Crippen molar-refractivity contribution >= 4 is 12.0 Å². The average molecular weight is 344 g/mol. The molecule has 1 unspecified atom stereocenters. The van der Waals surface area contributed by atoms with Crippen molar-refractivity contribution in [3.8, 4) is 11.3 Å². The van der Waals surface area contributed by atoms with Gasteiger partial charge in [0, 0.05) is 13.0 Å². The number of alkyl carbamates (subject to hydrolysis) is 1. The number of H-pyrrole nitrogens is 1. The van der Waals surface area contributed by atoms with Crippen LogP contribution in [0.25, 0.3) is 11.3 Å². The summed E-state index contributed by atoms with van der Waals surface area (Å²) in [6.45, 7) is 4.24. The Kier molecular flexibility index (Phi) is 7.00. The largest absolute Gasteiger partial charge is 0.450 e. The van der Waals surface area contributed by atoms with Crippen molar-refractivity contribution in [2.75, 3.05) is 13.2 Å². The van der Waals surface area contributed by atoms with Crippen LogP contribution < -0.4 is 10.6 Å². The Labute approximate surface area is 147 Å². The van der Waals surface area contributed by atoms with E-state index in [9.17, 15) is 9.59 Å². The van der Waals surface area contributed by atoms with Crippen molar-refractivity contribution in [3.63, 3.8) is 0 Å². The van der Waals surface area contributed by atoms with Gasteiger partial charge in [0.2, 0.25) is 5.91 Å². The zero-order chi connectivity index (χ0) is 18.1. The molecule has 7 heteroatoms. The van der Waals surface area contributed by atoms with Gasteiger partial charge in [0.1, 0.15) is 5.82 Å². The smallest absolute Gasteiger partial charge is 0.407 e. The molecule has 0 aliphatic heterocycles. The van der Waals surface area contributed by atoms with Crippen LogP contribution in [0.1, 0.15) is 38.6 Å². The van der Waals surface area contributed by atoms with Crippen LogP contribution in [0.3, 0.4) is 0 Å². The Morgan fingerprint density at radius 2 is 2.00 bits per heavy atom. The lowest BCUT2D eigenvalue weighted by Crippen LogP contribution is -2.33. The highest BCUT2D eigenvalue weighted by Crippen LogP contribution is 2.20. The molecular weight excluding hydrogens is 320 g/mol. The Bertz CT molecular complexity index is 685. The van der Waals surface area contributed by atoms with Gasteiger partial charge in [-0.05, 0) is 18.9 Å². The molecule has 0 spiro atoms. The number of benzene rings is 1. The second-order valence-corrected chi connectivity index (χ2v) is 5.47. The molecule has 0 bridgehead atoms. The van der Waals surface area contributed by atoms with Crippen molar-refractivity contribution in [1.29, 1.82) is 0 Å². The van der Waals surface area contributed by atoms with Gasteiger partial charge < -0.3 is 20.4 Å². The van der Waals surface area contributed by atoms with E-state index in [1.165, 1.54) is 0 Å². The summed E-state index contributed by atoms with van der Waals surface area (Å²) in [5.41, 5.74) is 1.95. The Morgan fingerprint density at radius 1 is 1.24 bits per heavy atom. The van der Waals surface area contributed by atoms with Crippen molar-refractivity contribution in [2.24, 2.45) is 0 Å². The number of carbonyl (C=O) groups excluding carboxylic acids is 2. The molecule has 0 fully saturated rings. The fourth-order valence-electron chi connectivity index (χ4n) is 2.37. The van der Waals surface area contributed by atoms with Gasteiger partial charge in [-0.1, -0.05) is 37.3 Å². The van der Waals surface area contributed by atoms with Crippen molar-refractivity contribution in [2.45, 2.75) is 32.7 Å². The maximum atomic E-state index is 12.1. The maximum Gasteiger partial charge on any atom is 0.407 e. The SMILES string of the molecule is CCOC(=O)NCCC(=O)NC(CC)c1ncc(-c2ccccc2)[nH]1. The van der Waals surface area contributed by atoms with Gasteiger partial charge in [-0.15, -0.1) is 0 Å². The number of nitrogens with zero attached hydrogens (tertiary/aromatic N) is 1. The number of hydrogen-bond acceptors (Lipinski definition) is 4. The van der Waals surface area contributed by atoms with Gasteiger partial charge in [0.25, 0.3) is 0 Å². The predicted octanol–water partition coefficient (Wildman–Crippen LogP) is 2.78. The Morgan fingerprint density at radius 3 is 2.68 bits per heavy atom. The molecule has 2 rings (SSSR count). The van der Waals surface area contributed by atoms with Crippen molar-refractivity contribution in [3.05, 3.63) is 42.4 Å². The van der Waals surface area contributed by atoms with E-state index < -0.39 is 6.09 Å². The fraction of sp³-hybridized carbons (Fsp3) is 0.389. The molecule has 1 atom stereocenters. The van der Waals surface area contributed by atoms with Crippen LogP contribution in [0.15, 0.2) is 36.5 Å². The normalized spacial score (nSPS) is 11.6. The topological polar surface area (TPSA) is 96.1 Å². The minimum Gasteiger partial charge on any atom is -0.450 e. The molecule has 7 nitrogen and oxygen atoms in total. The Hall–Kier alpha value is -2.83. The van der Waals surface area contributed by atoms with E-state index in [4.69, 9.17) is 4.74 Å². The van der Waals surface area contributed by atoms with Crippen LogP contribution in [-0.4, -0.2) is 35.1 Å². The van der Waals surface area contributed by atoms with E-state index in [-0.39, 0.29) is 24.9 Å². The van der Waals surface area contributed by atoms with Gasteiger partial charge >= 0.3 is 6.09 Å². The van der Waals surface area contributed by atoms with Gasteiger partial charge in [0.05, 0.1) is 24.5 Å². The van der Waals surface area contributed by atoms with Gasteiger partial charge in [-0.25, -0.2) is 9.78 Å². The van der Waals surface area contributed by atoms with Crippen LogP contribution in [0.4, 0.5) is 4.79 Å². The number of aromatic amines is 1. The number of amides is 2. The number of imidazole rings is 1. The van der Waals surface area contributed by atoms with E-state index >= 15 is 0 Å². The molecule has 0 radical (unpaired) electrons. The quantitative estimate of drug-likeness (QED) is 0.686. The number of hydrogen-bond donors (Lipinski definition) is 3. The second kappa shape index (κ2) is 9.46. The summed E-state index contributed by atoms with van der Waals surface area (Å²) in [6, 6.07) is 9.68. The summed E-state index contributed by atoms with van der Waals surface area (Å²) in [6.07, 6.45) is 2.14. The van der Waals surface area contributed by atoms with E-state index in [2.05, 4.69) is 20.6 Å². The maximum absolute atomic E-state index is 12.1. The summed E-state index contributed by atoms with van der Waals surface area (Å²) in [5, 5.41) is 5.45. The summed E-state index contributed by atoms with van der Waals surface area (Å²) in [5.74, 6) is 0.564. The van der Waals surface area contributed by atoms with Crippen LogP contribution in [-0.2, 0) is 9.53 Å². The van der Waals surface area contributed by atoms with Crippen LogP contribution >= 0.6 is 0 Å². The van der Waals surface area contributed by atoms with Crippen molar-refractivity contribution in [1.82, 2.24) is 20.6 Å². The molecule has 0 saturated carbocycles. The molecule has 2 aromatic rings. The highest BCUT2D eigenvalue weighted by atomic mass is 16.5. The third kappa shape index (κ3) is 5.63. The Balaban J connectivity index is 1.88. The number of nitrogens with one attached hydrogen (secondary N) is 3. The van der Waals surface area contributed by atoms with Gasteiger partial charge in [0.15, 0.2) is 0 Å². The minimum absolute atomic E-state index is 0.152. The summed E-state index contributed by atoms with van der Waals surface area (Å²) in [4.78, 5) is 30.9. The van der Waals surface area contributed by atoms with Gasteiger partial charge in [-0.3, -0.25) is 4.79 Å². The summed E-state index contributed by atoms with van der Waals surface area (Å²) in [7, 11) is 0. The molecular formula is C18H24N4O3. The van der Waals surface area contributed by atoms with E-state index in [0.29, 0.717) is 18.9 Å². The highest BCUT2D eigenvalue weighted by Gasteiger charge is 2.16. The lowest BCUT2D eigenvalue weighted by molar-refractivity contribution is -0.121. The number of aromatic nitrogens is 2. The molecule has 2 amide bonds. The van der Waals surface area contributed by atoms with Crippen LogP contribution in [0.2, 0.25) is 0 Å². The number of rotatable bonds is 8. The molecule has 0 saturated heterocycles. The molecule has 0 aliphatic carbocycles. The molecule has 1 aromatic carbocycles. The molecule has 0 aliphatic rings. The van der Waals surface area contributed by atoms with E-state index in [1.54, 1.807) is 13.1 Å². The number of ether oxygens (including phenoxy) is 1. The minimum atomic E-state index is -0.513. The zero-order valence-electron chi connectivity index (χ0n) is 14.5. The molecule has 25 heavy (non-hydrogen) atoms. The average Bonchev–Trinajstić information content (AvgIpc) is 3.10. The molecule has 3 N–H and O–H groups in total. The first-order chi connectivity index (χ1) is 12.1. The highest BCUT2D eigenvalue weighted by molar-refractivity contribution is 5.77. The zero-order valence-corrected chi connectivity index (χ0v) is 14.5. The van der Waals surface area contributed by atoms with Crippen molar-refractivity contribution < 1.29 is 14.3 Å². The third-order valence-corrected chi connectivity index (χ3v) is 3.65. The standard InChI is InChI=1S/C18H24N4O3/c1-3-14(21-16(23)10-11-19-18(24)25-4-2)17-20-12-15(22-17)13-8-6-5-7-9-13/h5-9,12,14H,3-4,10-11H2,1-2H3,(H,19,24)(H,20,22)(H,21,23). The second-order valence-electron chi connectivity index (χ2n) is 5.47. The number of carbonyl (C=O) groups is 2. The third-order valence-electron chi connectivity index (χ3n) is 3.65. The first-order valence-electron chi connectivity index (χ1n) is 8.44. The fourth-order valence-corrected chi connectivity index (χ4v) is 2.37. The lowest BCUT2D eigenvalue weighted by Gasteiger charge is -2.15. The monoisotopic (exact) mass is 344 g/mol. The first kappa shape index (κ1) is 18.5. The van der Waals surface area contributed by atoms with E-state index in [0.717, 1.165) is 11.3 Å². The first-order valence-corrected chi connectivity index (χ1v) is 8.44. The summed E-state index contributed by atoms with van der Waals surface area (Å²) < 4.78 is 4.74. The van der Waals surface area contributed by atoms with Crippen LogP contribution in [0.5, 0.6) is 0 Å². The summed E-state index contributed by atoms with van der Waals surface area (Å²) >= 11 is 0. The molecule has 134 valence electrons. The van der Waals surface area contributed by atoms with E-state index in [1.807, 2.05) is 37.3 Å². The van der Waals surface area contributed by atoms with Gasteiger partial charge in [-0.2, -0.15) is 0 Å². The molecule has 1 aromatic heterocycles. The predicted molar refractivity (Wildman–Crippen MR) is 94.8 cm³/mol. The lowest BCUT2D eigenvalue weighted by atomic mass is 10.2.